The molecule has 0 radical (unpaired) electrons. The Morgan fingerprint density at radius 1 is 0.828 bits per heavy atom. The Morgan fingerprint density at radius 3 is 1.93 bits per heavy atom. The maximum Gasteiger partial charge on any atom is 0.285 e. The van der Waals surface area contributed by atoms with Crippen LogP contribution in [0.4, 0.5) is 4.39 Å². The highest BCUT2D eigenvalue weighted by molar-refractivity contribution is 5.15. The van der Waals surface area contributed by atoms with Crippen LogP contribution in [0.25, 0.3) is 0 Å². The van der Waals surface area contributed by atoms with Crippen molar-refractivity contribution in [3.8, 4) is 0 Å². The van der Waals surface area contributed by atoms with Gasteiger partial charge in [0.05, 0.1) is 6.10 Å². The monoisotopic (exact) mass is 410 g/mol. The van der Waals surface area contributed by atoms with Gasteiger partial charge < -0.3 is 14.2 Å². The summed E-state index contributed by atoms with van der Waals surface area (Å²) in [5.74, 6) is -0.962. The van der Waals surface area contributed by atoms with Crippen LogP contribution in [0.1, 0.15) is 90.5 Å². The molecule has 168 valence electrons. The van der Waals surface area contributed by atoms with E-state index in [1.54, 1.807) is 14.2 Å². The van der Waals surface area contributed by atoms with Crippen LogP contribution in [0.5, 0.6) is 0 Å². The average molecular weight is 411 g/mol. The van der Waals surface area contributed by atoms with Gasteiger partial charge in [-0.3, -0.25) is 0 Å². The van der Waals surface area contributed by atoms with Crippen LogP contribution in [0.3, 0.4) is 0 Å². The Balaban J connectivity index is 2.60. The number of rotatable bonds is 17. The molecule has 0 bridgehead atoms. The highest BCUT2D eigenvalue weighted by atomic mass is 19.1. The fraction of sp³-hybridized carbons (Fsp3) is 0.760. The zero-order valence-corrected chi connectivity index (χ0v) is 19.3. The summed E-state index contributed by atoms with van der Waals surface area (Å²) in [5.41, 5.74) is 1.18. The zero-order chi connectivity index (χ0) is 21.5. The van der Waals surface area contributed by atoms with Crippen LogP contribution < -0.4 is 0 Å². The first-order valence-electron chi connectivity index (χ1n) is 11.5. The van der Waals surface area contributed by atoms with Crippen molar-refractivity contribution in [2.24, 2.45) is 5.92 Å². The second-order valence-corrected chi connectivity index (χ2v) is 8.30. The predicted molar refractivity (Wildman–Crippen MR) is 118 cm³/mol. The van der Waals surface area contributed by atoms with E-state index in [0.717, 1.165) is 32.1 Å². The third kappa shape index (κ3) is 10.1. The zero-order valence-electron chi connectivity index (χ0n) is 19.3. The highest BCUT2D eigenvalue weighted by Gasteiger charge is 2.41. The standard InChI is InChI=1S/C25H43FO3/c1-6-7-8-9-10-11-15-23(25(27-4,28-5)29-21(2)3)16-13-12-14-22-17-19-24(26)20-18-22/h17-21,23H,6-16H2,1-5H3. The minimum atomic E-state index is -0.979. The topological polar surface area (TPSA) is 27.7 Å². The minimum absolute atomic E-state index is 0.0289. The molecule has 0 heterocycles. The summed E-state index contributed by atoms with van der Waals surface area (Å²) in [6.45, 7) is 6.28. The lowest BCUT2D eigenvalue weighted by atomic mass is 9.91. The van der Waals surface area contributed by atoms with Gasteiger partial charge in [-0.25, -0.2) is 4.39 Å². The van der Waals surface area contributed by atoms with Crippen LogP contribution in [0, 0.1) is 11.7 Å². The third-order valence-corrected chi connectivity index (χ3v) is 5.56. The first-order chi connectivity index (χ1) is 14.0. The van der Waals surface area contributed by atoms with E-state index < -0.39 is 5.97 Å². The molecule has 0 aliphatic rings. The summed E-state index contributed by atoms with van der Waals surface area (Å²) in [6, 6.07) is 6.82. The SMILES string of the molecule is CCCCCCCCC(CCCCc1ccc(F)cc1)C(OC)(OC)OC(C)C. The molecule has 0 fully saturated rings. The van der Waals surface area contributed by atoms with Gasteiger partial charge in [0.25, 0.3) is 5.97 Å². The van der Waals surface area contributed by atoms with E-state index in [4.69, 9.17) is 14.2 Å². The van der Waals surface area contributed by atoms with Gasteiger partial charge in [0.1, 0.15) is 5.82 Å². The Labute approximate surface area is 178 Å². The second kappa shape index (κ2) is 14.9. The fourth-order valence-electron chi connectivity index (χ4n) is 3.98. The van der Waals surface area contributed by atoms with Crippen molar-refractivity contribution in [3.05, 3.63) is 35.6 Å². The lowest BCUT2D eigenvalue weighted by Crippen LogP contribution is -2.46. The van der Waals surface area contributed by atoms with Gasteiger partial charge >= 0.3 is 0 Å². The average Bonchev–Trinajstić information content (AvgIpc) is 2.71. The van der Waals surface area contributed by atoms with Crippen LogP contribution in [-0.2, 0) is 20.6 Å². The lowest BCUT2D eigenvalue weighted by Gasteiger charge is -2.39. The molecule has 1 aromatic carbocycles. The van der Waals surface area contributed by atoms with Crippen LogP contribution in [-0.4, -0.2) is 26.3 Å². The molecule has 0 spiro atoms. The van der Waals surface area contributed by atoms with Crippen LogP contribution >= 0.6 is 0 Å². The molecule has 29 heavy (non-hydrogen) atoms. The third-order valence-electron chi connectivity index (χ3n) is 5.56. The highest BCUT2D eigenvalue weighted by Crippen LogP contribution is 2.34. The van der Waals surface area contributed by atoms with Gasteiger partial charge in [0.15, 0.2) is 0 Å². The van der Waals surface area contributed by atoms with Gasteiger partial charge in [0, 0.05) is 20.1 Å². The van der Waals surface area contributed by atoms with Gasteiger partial charge in [-0.2, -0.15) is 0 Å². The van der Waals surface area contributed by atoms with E-state index in [0.29, 0.717) is 0 Å². The van der Waals surface area contributed by atoms with Gasteiger partial charge in [-0.15, -0.1) is 0 Å². The molecule has 1 aromatic rings. The quantitative estimate of drug-likeness (QED) is 0.199. The number of hydrogen-bond acceptors (Lipinski definition) is 3. The Morgan fingerprint density at radius 2 is 1.38 bits per heavy atom. The van der Waals surface area contributed by atoms with Gasteiger partial charge in [-0.1, -0.05) is 64.0 Å². The van der Waals surface area contributed by atoms with E-state index in [1.807, 2.05) is 26.0 Å². The van der Waals surface area contributed by atoms with Crippen molar-refractivity contribution < 1.29 is 18.6 Å². The van der Waals surface area contributed by atoms with Crippen molar-refractivity contribution in [1.82, 2.24) is 0 Å². The molecule has 4 heteroatoms. The second-order valence-electron chi connectivity index (χ2n) is 8.30. The molecule has 0 saturated heterocycles. The first kappa shape index (κ1) is 26.1. The normalized spacial score (nSPS) is 13.2. The van der Waals surface area contributed by atoms with E-state index in [1.165, 1.54) is 56.2 Å². The number of ether oxygens (including phenoxy) is 3. The molecule has 1 unspecified atom stereocenters. The largest absolute Gasteiger partial charge is 0.331 e. The van der Waals surface area contributed by atoms with Crippen molar-refractivity contribution in [2.75, 3.05) is 14.2 Å². The molecule has 1 rings (SSSR count). The Bertz CT molecular complexity index is 511. The molecule has 0 amide bonds. The number of unbranched alkanes of at least 4 members (excludes halogenated alkanes) is 6. The fourth-order valence-corrected chi connectivity index (χ4v) is 3.98. The lowest BCUT2D eigenvalue weighted by molar-refractivity contribution is -0.399. The number of methoxy groups -OCH3 is 2. The van der Waals surface area contributed by atoms with Crippen LogP contribution in [0.15, 0.2) is 24.3 Å². The molecule has 0 N–H and O–H groups in total. The van der Waals surface area contributed by atoms with Gasteiger partial charge in [-0.05, 0) is 57.2 Å². The van der Waals surface area contributed by atoms with E-state index in [9.17, 15) is 4.39 Å². The minimum Gasteiger partial charge on any atom is -0.331 e. The van der Waals surface area contributed by atoms with E-state index in [2.05, 4.69) is 6.92 Å². The number of halogens is 1. The molecule has 0 aromatic heterocycles. The summed E-state index contributed by atoms with van der Waals surface area (Å²) < 4.78 is 30.8. The number of benzene rings is 1. The summed E-state index contributed by atoms with van der Waals surface area (Å²) in [4.78, 5) is 0. The van der Waals surface area contributed by atoms with Crippen molar-refractivity contribution in [1.29, 1.82) is 0 Å². The molecule has 0 aliphatic heterocycles. The number of hydrogen-bond donors (Lipinski definition) is 0. The maximum absolute atomic E-state index is 13.1. The van der Waals surface area contributed by atoms with Gasteiger partial charge in [0.2, 0.25) is 0 Å². The number of aryl methyl sites for hydroxylation is 1. The van der Waals surface area contributed by atoms with Crippen LogP contribution in [0.2, 0.25) is 0 Å². The van der Waals surface area contributed by atoms with Crippen molar-refractivity contribution in [3.63, 3.8) is 0 Å². The molecule has 0 aliphatic carbocycles. The molecule has 0 saturated carbocycles. The maximum atomic E-state index is 13.1. The molecular formula is C25H43FO3. The van der Waals surface area contributed by atoms with E-state index in [-0.39, 0.29) is 17.8 Å². The summed E-state index contributed by atoms with van der Waals surface area (Å²) in [5, 5.41) is 0. The van der Waals surface area contributed by atoms with Crippen molar-refractivity contribution >= 4 is 0 Å². The summed E-state index contributed by atoms with van der Waals surface area (Å²) >= 11 is 0. The first-order valence-corrected chi connectivity index (χ1v) is 11.5. The predicted octanol–water partition coefficient (Wildman–Crippen LogP) is 7.28. The Hall–Kier alpha value is -0.970. The Kier molecular flexibility index (Phi) is 13.4. The smallest absolute Gasteiger partial charge is 0.285 e. The summed E-state index contributed by atoms with van der Waals surface area (Å²) in [7, 11) is 3.36. The molecule has 3 nitrogen and oxygen atoms in total. The molecular weight excluding hydrogens is 367 g/mol. The van der Waals surface area contributed by atoms with E-state index >= 15 is 0 Å². The van der Waals surface area contributed by atoms with Crippen molar-refractivity contribution in [2.45, 2.75) is 103 Å². The molecule has 1 atom stereocenters. The summed E-state index contributed by atoms with van der Waals surface area (Å²) in [6.07, 6.45) is 12.8.